The van der Waals surface area contributed by atoms with Crippen LogP contribution in [-0.2, 0) is 0 Å². The quantitative estimate of drug-likeness (QED) is 0.170. The van der Waals surface area contributed by atoms with Crippen LogP contribution in [0.1, 0.15) is 0 Å². The van der Waals surface area contributed by atoms with Crippen molar-refractivity contribution in [3.8, 4) is 67.9 Å². The third kappa shape index (κ3) is 5.27. The maximum Gasteiger partial charge on any atom is 0.227 e. The Morgan fingerprint density at radius 2 is 0.875 bits per heavy atom. The van der Waals surface area contributed by atoms with E-state index < -0.39 is 0 Å². The molecule has 0 aliphatic rings. The molecular weight excluding hydrogens is 689 g/mol. The Hall–Kier alpha value is -7.70. The van der Waals surface area contributed by atoms with Crippen molar-refractivity contribution in [2.24, 2.45) is 0 Å². The van der Waals surface area contributed by atoms with Crippen LogP contribution in [-0.4, -0.2) is 19.9 Å². The van der Waals surface area contributed by atoms with Crippen LogP contribution in [0.2, 0.25) is 0 Å². The molecule has 56 heavy (non-hydrogen) atoms. The molecule has 0 fully saturated rings. The van der Waals surface area contributed by atoms with Crippen molar-refractivity contribution in [3.63, 3.8) is 0 Å². The SMILES string of the molecule is c1ccc(-c2nc3ccc4cccc(-c5ccccc5-c5nc(-c6ccccc6-c6ccccc6)nc(-c6cccc7c6oc6ccccc67)n5)c4c3o2)cc1. The number of fused-ring (bicyclic) bond motifs is 6. The van der Waals surface area contributed by atoms with Gasteiger partial charge in [0.2, 0.25) is 5.89 Å². The normalized spacial score (nSPS) is 11.6. The lowest BCUT2D eigenvalue weighted by Crippen LogP contribution is -2.02. The zero-order chi connectivity index (χ0) is 37.0. The number of hydrogen-bond acceptors (Lipinski definition) is 6. The Bertz CT molecular complexity index is 3260. The summed E-state index contributed by atoms with van der Waals surface area (Å²) in [5, 5.41) is 4.08. The second kappa shape index (κ2) is 13.0. The monoisotopic (exact) mass is 718 g/mol. The largest absolute Gasteiger partial charge is 0.455 e. The van der Waals surface area contributed by atoms with Gasteiger partial charge in [0.1, 0.15) is 16.7 Å². The predicted molar refractivity (Wildman–Crippen MR) is 225 cm³/mol. The summed E-state index contributed by atoms with van der Waals surface area (Å²) in [7, 11) is 0. The molecule has 8 aromatic carbocycles. The van der Waals surface area contributed by atoms with E-state index >= 15 is 0 Å². The molecular formula is C50H30N4O2. The molecule has 0 aliphatic carbocycles. The van der Waals surface area contributed by atoms with E-state index in [9.17, 15) is 0 Å². The van der Waals surface area contributed by atoms with Gasteiger partial charge >= 0.3 is 0 Å². The highest BCUT2D eigenvalue weighted by molar-refractivity contribution is 6.13. The topological polar surface area (TPSA) is 77.8 Å². The van der Waals surface area contributed by atoms with Crippen LogP contribution in [0.3, 0.4) is 0 Å². The molecule has 0 N–H and O–H groups in total. The summed E-state index contributed by atoms with van der Waals surface area (Å²) in [4.78, 5) is 20.7. The summed E-state index contributed by atoms with van der Waals surface area (Å²) in [5.74, 6) is 2.22. The minimum absolute atomic E-state index is 0.523. The molecule has 0 bridgehead atoms. The highest BCUT2D eigenvalue weighted by Gasteiger charge is 2.22. The summed E-state index contributed by atoms with van der Waals surface area (Å²) in [6, 6.07) is 61.6. The summed E-state index contributed by atoms with van der Waals surface area (Å²) in [5.41, 5.74) is 10.6. The third-order valence-corrected chi connectivity index (χ3v) is 10.4. The second-order valence-electron chi connectivity index (χ2n) is 13.7. The Labute approximate surface area is 321 Å². The second-order valence-corrected chi connectivity index (χ2v) is 13.7. The van der Waals surface area contributed by atoms with Crippen molar-refractivity contribution in [2.45, 2.75) is 0 Å². The Kier molecular flexibility index (Phi) is 7.38. The van der Waals surface area contributed by atoms with Gasteiger partial charge in [-0.05, 0) is 58.0 Å². The molecule has 6 nitrogen and oxygen atoms in total. The predicted octanol–water partition coefficient (Wildman–Crippen LogP) is 13.1. The molecule has 3 heterocycles. The van der Waals surface area contributed by atoms with Crippen LogP contribution >= 0.6 is 0 Å². The van der Waals surface area contributed by atoms with Crippen molar-refractivity contribution in [2.75, 3.05) is 0 Å². The fourth-order valence-electron chi connectivity index (χ4n) is 7.80. The highest BCUT2D eigenvalue weighted by Crippen LogP contribution is 2.42. The van der Waals surface area contributed by atoms with E-state index in [0.717, 1.165) is 88.3 Å². The van der Waals surface area contributed by atoms with Gasteiger partial charge in [-0.25, -0.2) is 19.9 Å². The van der Waals surface area contributed by atoms with Gasteiger partial charge in [-0.3, -0.25) is 0 Å². The number of rotatable bonds is 6. The molecule has 3 aromatic heterocycles. The van der Waals surface area contributed by atoms with Crippen molar-refractivity contribution in [1.82, 2.24) is 19.9 Å². The lowest BCUT2D eigenvalue weighted by molar-refractivity contribution is 0.623. The lowest BCUT2D eigenvalue weighted by atomic mass is 9.93. The fourth-order valence-corrected chi connectivity index (χ4v) is 7.80. The molecule has 0 atom stereocenters. The minimum Gasteiger partial charge on any atom is -0.455 e. The first-order valence-electron chi connectivity index (χ1n) is 18.6. The fraction of sp³-hybridized carbons (Fsp3) is 0. The molecule has 0 amide bonds. The molecule has 11 aromatic rings. The molecule has 0 saturated heterocycles. The van der Waals surface area contributed by atoms with Crippen molar-refractivity contribution in [1.29, 1.82) is 0 Å². The highest BCUT2D eigenvalue weighted by atomic mass is 16.3. The Balaban J connectivity index is 1.17. The van der Waals surface area contributed by atoms with Crippen LogP contribution in [0, 0.1) is 0 Å². The van der Waals surface area contributed by atoms with E-state index in [1.165, 1.54) is 0 Å². The maximum atomic E-state index is 6.59. The number of benzene rings is 8. The zero-order valence-electron chi connectivity index (χ0n) is 29.9. The lowest BCUT2D eigenvalue weighted by Gasteiger charge is -2.15. The van der Waals surface area contributed by atoms with E-state index in [-0.39, 0.29) is 0 Å². The van der Waals surface area contributed by atoms with Crippen LogP contribution in [0.4, 0.5) is 0 Å². The average Bonchev–Trinajstić information content (AvgIpc) is 3.89. The van der Waals surface area contributed by atoms with Gasteiger partial charge in [0, 0.05) is 32.8 Å². The summed E-state index contributed by atoms with van der Waals surface area (Å²) in [6.45, 7) is 0. The third-order valence-electron chi connectivity index (χ3n) is 10.4. The molecule has 0 saturated carbocycles. The van der Waals surface area contributed by atoms with Crippen LogP contribution in [0.15, 0.2) is 191 Å². The van der Waals surface area contributed by atoms with Crippen LogP contribution in [0.25, 0.3) is 112 Å². The van der Waals surface area contributed by atoms with Gasteiger partial charge in [0.15, 0.2) is 23.1 Å². The van der Waals surface area contributed by atoms with Gasteiger partial charge in [0.05, 0.1) is 5.56 Å². The van der Waals surface area contributed by atoms with E-state index in [1.807, 2.05) is 103 Å². The standard InChI is InChI=1S/C50H30N4O2/c1-3-15-31(16-4-1)34-20-7-9-23-39(34)47-52-48(54-49(53-47)41-27-14-26-38-36-22-11-12-28-43(36)55-45(38)41)40-24-10-8-21-35(40)37-25-13-19-32-29-30-42-46(44(32)37)56-50(51-42)33-17-5-2-6-18-33/h1-30H. The maximum absolute atomic E-state index is 6.59. The smallest absolute Gasteiger partial charge is 0.227 e. The number of oxazole rings is 1. The molecule has 11 rings (SSSR count). The van der Waals surface area contributed by atoms with Crippen molar-refractivity contribution in [3.05, 3.63) is 182 Å². The molecule has 0 aliphatic heterocycles. The van der Waals surface area contributed by atoms with Gasteiger partial charge in [-0.1, -0.05) is 152 Å². The summed E-state index contributed by atoms with van der Waals surface area (Å²) >= 11 is 0. The first kappa shape index (κ1) is 31.8. The van der Waals surface area contributed by atoms with E-state index in [4.69, 9.17) is 28.8 Å². The molecule has 0 radical (unpaired) electrons. The first-order chi connectivity index (χ1) is 27.8. The van der Waals surface area contributed by atoms with Gasteiger partial charge < -0.3 is 8.83 Å². The Morgan fingerprint density at radius 1 is 0.321 bits per heavy atom. The van der Waals surface area contributed by atoms with Crippen LogP contribution in [0.5, 0.6) is 0 Å². The molecule has 6 heteroatoms. The van der Waals surface area contributed by atoms with Crippen molar-refractivity contribution < 1.29 is 8.83 Å². The van der Waals surface area contributed by atoms with Crippen LogP contribution < -0.4 is 0 Å². The van der Waals surface area contributed by atoms with Gasteiger partial charge in [0.25, 0.3) is 0 Å². The number of nitrogens with zero attached hydrogens (tertiary/aromatic N) is 4. The molecule has 262 valence electrons. The molecule has 0 unspecified atom stereocenters. The van der Waals surface area contributed by atoms with Gasteiger partial charge in [-0.15, -0.1) is 0 Å². The Morgan fingerprint density at radius 3 is 1.64 bits per heavy atom. The average molecular weight is 719 g/mol. The zero-order valence-corrected chi connectivity index (χ0v) is 29.9. The summed E-state index contributed by atoms with van der Waals surface area (Å²) < 4.78 is 13.1. The van der Waals surface area contributed by atoms with Gasteiger partial charge in [-0.2, -0.15) is 0 Å². The van der Waals surface area contributed by atoms with E-state index in [0.29, 0.717) is 23.4 Å². The van der Waals surface area contributed by atoms with Crippen molar-refractivity contribution >= 4 is 43.8 Å². The molecule has 0 spiro atoms. The number of aromatic nitrogens is 4. The number of para-hydroxylation sites is 2. The first-order valence-corrected chi connectivity index (χ1v) is 18.6. The number of hydrogen-bond donors (Lipinski definition) is 0. The van der Waals surface area contributed by atoms with E-state index in [2.05, 4.69) is 78.9 Å². The number of furan rings is 1. The summed E-state index contributed by atoms with van der Waals surface area (Å²) in [6.07, 6.45) is 0. The minimum atomic E-state index is 0.523. The van der Waals surface area contributed by atoms with E-state index in [1.54, 1.807) is 0 Å².